The summed E-state index contributed by atoms with van der Waals surface area (Å²) in [6, 6.07) is 15.5. The Kier molecular flexibility index (Phi) is 5.67. The third-order valence-electron chi connectivity index (χ3n) is 5.24. The van der Waals surface area contributed by atoms with Gasteiger partial charge in [0.15, 0.2) is 15.6 Å². The van der Waals surface area contributed by atoms with Gasteiger partial charge in [-0.3, -0.25) is 14.4 Å². The number of anilines is 2. The summed E-state index contributed by atoms with van der Waals surface area (Å²) < 4.78 is 31.9. The first-order valence-corrected chi connectivity index (χ1v) is 11.4. The Bertz CT molecular complexity index is 1280. The number of hydrogen-bond donors (Lipinski definition) is 1. The molecule has 4 rings (SSSR count). The van der Waals surface area contributed by atoms with E-state index in [0.29, 0.717) is 11.3 Å². The molecule has 0 saturated carbocycles. The standard InChI is InChI=1S/C23H20N2O6S/c1-15(26)16-8-10-17(11-9-16)24-22(27)14-25-18-5-2-3-7-20(18)32(29,30)21(13-23(25)28)19-6-4-12-31-19/h2-12,21H,13-14H2,1H3,(H,24,27). The van der Waals surface area contributed by atoms with Crippen molar-refractivity contribution in [3.05, 3.63) is 78.3 Å². The van der Waals surface area contributed by atoms with Gasteiger partial charge in [-0.15, -0.1) is 0 Å². The number of furan rings is 1. The molecular formula is C23H20N2O6S. The molecular weight excluding hydrogens is 432 g/mol. The fourth-order valence-electron chi connectivity index (χ4n) is 3.62. The molecule has 0 fully saturated rings. The Hall–Kier alpha value is -3.72. The van der Waals surface area contributed by atoms with E-state index in [2.05, 4.69) is 5.32 Å². The van der Waals surface area contributed by atoms with E-state index < -0.39 is 26.9 Å². The number of para-hydroxylation sites is 1. The second-order valence-electron chi connectivity index (χ2n) is 7.38. The number of fused-ring (bicyclic) bond motifs is 1. The van der Waals surface area contributed by atoms with Gasteiger partial charge >= 0.3 is 0 Å². The summed E-state index contributed by atoms with van der Waals surface area (Å²) in [5.74, 6) is -0.938. The van der Waals surface area contributed by atoms with E-state index in [0.717, 1.165) is 0 Å². The summed E-state index contributed by atoms with van der Waals surface area (Å²) in [7, 11) is -3.94. The summed E-state index contributed by atoms with van der Waals surface area (Å²) in [5.41, 5.74) is 1.11. The zero-order valence-electron chi connectivity index (χ0n) is 17.1. The number of amides is 2. The van der Waals surface area contributed by atoms with Crippen molar-refractivity contribution in [1.29, 1.82) is 0 Å². The molecule has 9 heteroatoms. The van der Waals surface area contributed by atoms with Crippen molar-refractivity contribution in [3.63, 3.8) is 0 Å². The van der Waals surface area contributed by atoms with Crippen molar-refractivity contribution in [2.75, 3.05) is 16.8 Å². The maximum absolute atomic E-state index is 13.3. The third kappa shape index (κ3) is 4.06. The van der Waals surface area contributed by atoms with Crippen molar-refractivity contribution in [3.8, 4) is 0 Å². The van der Waals surface area contributed by atoms with Crippen LogP contribution in [0.2, 0.25) is 0 Å². The fraction of sp³-hybridized carbons (Fsp3) is 0.174. The van der Waals surface area contributed by atoms with Crippen LogP contribution in [0.25, 0.3) is 0 Å². The smallest absolute Gasteiger partial charge is 0.244 e. The lowest BCUT2D eigenvalue weighted by Crippen LogP contribution is -2.38. The lowest BCUT2D eigenvalue weighted by molar-refractivity contribution is -0.121. The predicted molar refractivity (Wildman–Crippen MR) is 117 cm³/mol. The molecule has 3 aromatic rings. The highest BCUT2D eigenvalue weighted by molar-refractivity contribution is 7.91. The molecule has 1 N–H and O–H groups in total. The van der Waals surface area contributed by atoms with Crippen LogP contribution in [0, 0.1) is 0 Å². The highest BCUT2D eigenvalue weighted by atomic mass is 32.2. The van der Waals surface area contributed by atoms with Crippen LogP contribution in [0.4, 0.5) is 11.4 Å². The maximum atomic E-state index is 13.3. The predicted octanol–water partition coefficient (Wildman–Crippen LogP) is 3.37. The van der Waals surface area contributed by atoms with Gasteiger partial charge in [-0.1, -0.05) is 12.1 Å². The summed E-state index contributed by atoms with van der Waals surface area (Å²) >= 11 is 0. The molecule has 2 heterocycles. The molecule has 0 spiro atoms. The van der Waals surface area contributed by atoms with Gasteiger partial charge in [-0.2, -0.15) is 0 Å². The summed E-state index contributed by atoms with van der Waals surface area (Å²) in [4.78, 5) is 38.3. The van der Waals surface area contributed by atoms with Crippen molar-refractivity contribution < 1.29 is 27.2 Å². The maximum Gasteiger partial charge on any atom is 0.244 e. The molecule has 0 bridgehead atoms. The minimum Gasteiger partial charge on any atom is -0.468 e. The van der Waals surface area contributed by atoms with Crippen LogP contribution in [0.3, 0.4) is 0 Å². The number of benzene rings is 2. The average molecular weight is 452 g/mol. The van der Waals surface area contributed by atoms with E-state index in [-0.39, 0.29) is 35.1 Å². The number of carbonyl (C=O) groups is 3. The molecule has 0 saturated heterocycles. The van der Waals surface area contributed by atoms with E-state index in [9.17, 15) is 22.8 Å². The van der Waals surface area contributed by atoms with Crippen molar-refractivity contribution in [1.82, 2.24) is 0 Å². The number of rotatable bonds is 5. The molecule has 2 aromatic carbocycles. The number of nitrogens with zero attached hydrogens (tertiary/aromatic N) is 1. The number of carbonyl (C=O) groups excluding carboxylic acids is 3. The lowest BCUT2D eigenvalue weighted by atomic mass is 10.1. The Morgan fingerprint density at radius 3 is 2.44 bits per heavy atom. The second-order valence-corrected chi connectivity index (χ2v) is 9.48. The molecule has 1 aliphatic heterocycles. The Morgan fingerprint density at radius 1 is 1.06 bits per heavy atom. The van der Waals surface area contributed by atoms with Crippen LogP contribution >= 0.6 is 0 Å². The molecule has 1 aromatic heterocycles. The van der Waals surface area contributed by atoms with E-state index in [1.54, 1.807) is 42.5 Å². The zero-order valence-corrected chi connectivity index (χ0v) is 18.0. The highest BCUT2D eigenvalue weighted by Gasteiger charge is 2.41. The quantitative estimate of drug-likeness (QED) is 0.594. The molecule has 0 radical (unpaired) electrons. The number of hydrogen-bond acceptors (Lipinski definition) is 6. The highest BCUT2D eigenvalue weighted by Crippen LogP contribution is 2.40. The van der Waals surface area contributed by atoms with E-state index in [1.807, 2.05) is 0 Å². The van der Waals surface area contributed by atoms with E-state index in [4.69, 9.17) is 4.42 Å². The van der Waals surface area contributed by atoms with Crippen LogP contribution in [0.5, 0.6) is 0 Å². The molecule has 8 nitrogen and oxygen atoms in total. The molecule has 2 amide bonds. The van der Waals surface area contributed by atoms with Gasteiger partial charge in [0, 0.05) is 11.3 Å². The number of ketones is 1. The van der Waals surface area contributed by atoms with Crippen LogP contribution in [-0.4, -0.2) is 32.6 Å². The molecule has 1 unspecified atom stereocenters. The first kappa shape index (κ1) is 21.5. The molecule has 1 atom stereocenters. The van der Waals surface area contributed by atoms with Crippen molar-refractivity contribution in [2.24, 2.45) is 0 Å². The zero-order chi connectivity index (χ0) is 22.9. The van der Waals surface area contributed by atoms with Crippen LogP contribution in [0.15, 0.2) is 76.2 Å². The van der Waals surface area contributed by atoms with Crippen LogP contribution < -0.4 is 10.2 Å². The van der Waals surface area contributed by atoms with Gasteiger partial charge in [0.1, 0.15) is 17.6 Å². The SMILES string of the molecule is CC(=O)c1ccc(NC(=O)CN2C(=O)CC(c3ccco3)S(=O)(=O)c3ccccc32)cc1. The fourth-order valence-corrected chi connectivity index (χ4v) is 5.47. The number of Topliss-reactive ketones (excluding diaryl/α,β-unsaturated/α-hetero) is 1. The summed E-state index contributed by atoms with van der Waals surface area (Å²) in [6.45, 7) is 1.07. The van der Waals surface area contributed by atoms with Gasteiger partial charge in [0.05, 0.1) is 23.3 Å². The Morgan fingerprint density at radius 2 is 1.78 bits per heavy atom. The number of sulfone groups is 1. The number of nitrogens with one attached hydrogen (secondary N) is 1. The summed E-state index contributed by atoms with van der Waals surface area (Å²) in [6.07, 6.45) is 1.000. The monoisotopic (exact) mass is 452 g/mol. The third-order valence-corrected chi connectivity index (χ3v) is 7.34. The molecule has 0 aliphatic carbocycles. The average Bonchev–Trinajstić information content (AvgIpc) is 3.28. The van der Waals surface area contributed by atoms with Gasteiger partial charge in [0.2, 0.25) is 11.8 Å². The van der Waals surface area contributed by atoms with E-state index >= 15 is 0 Å². The Labute approximate surface area is 184 Å². The Balaban J connectivity index is 1.63. The summed E-state index contributed by atoms with van der Waals surface area (Å²) in [5, 5.41) is 1.49. The van der Waals surface area contributed by atoms with Gasteiger partial charge < -0.3 is 14.6 Å². The topological polar surface area (TPSA) is 114 Å². The molecule has 32 heavy (non-hydrogen) atoms. The normalized spacial score (nSPS) is 17.3. The van der Waals surface area contributed by atoms with Gasteiger partial charge in [0.25, 0.3) is 0 Å². The minimum absolute atomic E-state index is 0.0362. The molecule has 164 valence electrons. The van der Waals surface area contributed by atoms with E-state index in [1.165, 1.54) is 36.3 Å². The van der Waals surface area contributed by atoms with Gasteiger partial charge in [-0.25, -0.2) is 8.42 Å². The first-order chi connectivity index (χ1) is 15.3. The lowest BCUT2D eigenvalue weighted by Gasteiger charge is -2.21. The second kappa shape index (κ2) is 8.43. The first-order valence-electron chi connectivity index (χ1n) is 9.85. The van der Waals surface area contributed by atoms with Gasteiger partial charge in [-0.05, 0) is 55.5 Å². The minimum atomic E-state index is -3.94. The van der Waals surface area contributed by atoms with Crippen molar-refractivity contribution >= 4 is 38.8 Å². The molecule has 1 aliphatic rings. The van der Waals surface area contributed by atoms with Crippen molar-refractivity contribution in [2.45, 2.75) is 23.5 Å². The van der Waals surface area contributed by atoms with Crippen LogP contribution in [-0.2, 0) is 19.4 Å². The van der Waals surface area contributed by atoms with Crippen LogP contribution in [0.1, 0.15) is 34.7 Å². The largest absolute Gasteiger partial charge is 0.468 e.